The van der Waals surface area contributed by atoms with Crippen LogP contribution in [-0.2, 0) is 4.74 Å². The van der Waals surface area contributed by atoms with Crippen LogP contribution in [0.5, 0.6) is 0 Å². The zero-order chi connectivity index (χ0) is 13.4. The average Bonchev–Trinajstić information content (AvgIpc) is 2.33. The van der Waals surface area contributed by atoms with Gasteiger partial charge >= 0.3 is 0 Å². The first kappa shape index (κ1) is 15.2. The van der Waals surface area contributed by atoms with Gasteiger partial charge in [0.25, 0.3) is 5.91 Å². The van der Waals surface area contributed by atoms with Crippen molar-refractivity contribution in [2.24, 2.45) is 5.92 Å². The van der Waals surface area contributed by atoms with Gasteiger partial charge in [0, 0.05) is 23.2 Å². The Bertz CT molecular complexity index is 380. The molecule has 0 aliphatic carbocycles. The predicted octanol–water partition coefficient (Wildman–Crippen LogP) is 3.24. The van der Waals surface area contributed by atoms with E-state index >= 15 is 0 Å². The van der Waals surface area contributed by atoms with E-state index in [1.807, 2.05) is 12.1 Å². The molecule has 3 nitrogen and oxygen atoms in total. The number of halogens is 1. The van der Waals surface area contributed by atoms with Crippen molar-refractivity contribution in [3.05, 3.63) is 34.3 Å². The van der Waals surface area contributed by atoms with Crippen molar-refractivity contribution in [3.8, 4) is 0 Å². The number of carbonyl (C=O) groups is 1. The van der Waals surface area contributed by atoms with Crippen LogP contribution >= 0.6 is 15.9 Å². The number of rotatable bonds is 7. The van der Waals surface area contributed by atoms with Crippen molar-refractivity contribution in [2.45, 2.75) is 20.3 Å². The molecule has 0 saturated heterocycles. The van der Waals surface area contributed by atoms with Crippen LogP contribution in [0.25, 0.3) is 0 Å². The van der Waals surface area contributed by atoms with Crippen LogP contribution in [0.1, 0.15) is 30.6 Å². The van der Waals surface area contributed by atoms with Crippen LogP contribution in [-0.4, -0.2) is 25.7 Å². The Balaban J connectivity index is 2.18. The molecule has 100 valence electrons. The molecule has 1 aromatic carbocycles. The maximum atomic E-state index is 11.8. The highest BCUT2D eigenvalue weighted by atomic mass is 79.9. The van der Waals surface area contributed by atoms with Gasteiger partial charge in [0.1, 0.15) is 0 Å². The summed E-state index contributed by atoms with van der Waals surface area (Å²) in [4.78, 5) is 11.8. The summed E-state index contributed by atoms with van der Waals surface area (Å²) in [5.74, 6) is 0.588. The lowest BCUT2D eigenvalue weighted by Crippen LogP contribution is -2.27. The second kappa shape index (κ2) is 8.27. The second-order valence-corrected chi connectivity index (χ2v) is 5.48. The van der Waals surface area contributed by atoms with E-state index in [2.05, 4.69) is 35.1 Å². The van der Waals surface area contributed by atoms with Crippen LogP contribution in [0, 0.1) is 5.92 Å². The Hall–Kier alpha value is -0.870. The Morgan fingerprint density at radius 2 is 2.17 bits per heavy atom. The zero-order valence-electron chi connectivity index (χ0n) is 10.9. The largest absolute Gasteiger partial charge is 0.380 e. The molecule has 1 N–H and O–H groups in total. The normalized spacial score (nSPS) is 10.7. The van der Waals surface area contributed by atoms with Crippen LogP contribution in [0.3, 0.4) is 0 Å². The zero-order valence-corrected chi connectivity index (χ0v) is 12.5. The topological polar surface area (TPSA) is 38.3 Å². The van der Waals surface area contributed by atoms with E-state index in [-0.39, 0.29) is 5.91 Å². The van der Waals surface area contributed by atoms with Gasteiger partial charge in [0.15, 0.2) is 0 Å². The van der Waals surface area contributed by atoms with E-state index < -0.39 is 0 Å². The lowest BCUT2D eigenvalue weighted by molar-refractivity contribution is 0.0906. The molecular weight excluding hydrogens is 294 g/mol. The van der Waals surface area contributed by atoms with Crippen molar-refractivity contribution in [3.63, 3.8) is 0 Å². The summed E-state index contributed by atoms with van der Waals surface area (Å²) in [6.45, 7) is 6.19. The van der Waals surface area contributed by atoms with Crippen molar-refractivity contribution in [1.82, 2.24) is 5.32 Å². The highest BCUT2D eigenvalue weighted by Crippen LogP contribution is 2.11. The molecule has 0 atom stereocenters. The summed E-state index contributed by atoms with van der Waals surface area (Å²) in [5.41, 5.74) is 0.659. The van der Waals surface area contributed by atoms with E-state index in [1.165, 1.54) is 0 Å². The number of amides is 1. The highest BCUT2D eigenvalue weighted by molar-refractivity contribution is 9.10. The van der Waals surface area contributed by atoms with E-state index in [0.717, 1.165) is 17.5 Å². The third-order valence-corrected chi connectivity index (χ3v) is 2.95. The predicted molar refractivity (Wildman–Crippen MR) is 76.7 cm³/mol. The van der Waals surface area contributed by atoms with Gasteiger partial charge in [-0.2, -0.15) is 0 Å². The fourth-order valence-electron chi connectivity index (χ4n) is 1.39. The molecule has 0 bridgehead atoms. The Morgan fingerprint density at radius 1 is 1.39 bits per heavy atom. The first-order valence-electron chi connectivity index (χ1n) is 6.21. The molecule has 0 radical (unpaired) electrons. The fourth-order valence-corrected chi connectivity index (χ4v) is 1.79. The van der Waals surface area contributed by atoms with Crippen molar-refractivity contribution < 1.29 is 9.53 Å². The summed E-state index contributed by atoms with van der Waals surface area (Å²) in [5, 5.41) is 2.83. The molecule has 1 rings (SSSR count). The lowest BCUT2D eigenvalue weighted by atomic mass is 10.1. The van der Waals surface area contributed by atoms with Gasteiger partial charge in [-0.25, -0.2) is 0 Å². The number of nitrogens with one attached hydrogen (secondary N) is 1. The van der Waals surface area contributed by atoms with Crippen LogP contribution in [0.15, 0.2) is 28.7 Å². The standard InChI is InChI=1S/C14H20BrNO2/c1-11(2)6-8-18-9-7-16-14(17)12-4-3-5-13(15)10-12/h3-5,10-11H,6-9H2,1-2H3,(H,16,17). The minimum absolute atomic E-state index is 0.0660. The number of hydrogen-bond donors (Lipinski definition) is 1. The summed E-state index contributed by atoms with van der Waals surface area (Å²) >= 11 is 3.34. The number of ether oxygens (including phenoxy) is 1. The van der Waals surface area contributed by atoms with Gasteiger partial charge in [-0.3, -0.25) is 4.79 Å². The third-order valence-electron chi connectivity index (χ3n) is 2.46. The Morgan fingerprint density at radius 3 is 2.83 bits per heavy atom. The van der Waals surface area contributed by atoms with E-state index in [0.29, 0.717) is 24.6 Å². The van der Waals surface area contributed by atoms with Crippen LogP contribution < -0.4 is 5.32 Å². The quantitative estimate of drug-likeness (QED) is 0.785. The molecule has 0 unspecified atom stereocenters. The number of hydrogen-bond acceptors (Lipinski definition) is 2. The average molecular weight is 314 g/mol. The molecule has 0 spiro atoms. The molecular formula is C14H20BrNO2. The van der Waals surface area contributed by atoms with Crippen molar-refractivity contribution in [2.75, 3.05) is 19.8 Å². The number of carbonyl (C=O) groups excluding carboxylic acids is 1. The monoisotopic (exact) mass is 313 g/mol. The molecule has 0 aromatic heterocycles. The van der Waals surface area contributed by atoms with Crippen molar-refractivity contribution >= 4 is 21.8 Å². The van der Waals surface area contributed by atoms with Gasteiger partial charge in [0.05, 0.1) is 6.61 Å². The SMILES string of the molecule is CC(C)CCOCCNC(=O)c1cccc(Br)c1. The molecule has 0 aliphatic rings. The Labute approximate surface area is 117 Å². The minimum atomic E-state index is -0.0660. The minimum Gasteiger partial charge on any atom is -0.380 e. The molecule has 1 aromatic rings. The molecule has 0 fully saturated rings. The van der Waals surface area contributed by atoms with Gasteiger partial charge in [-0.15, -0.1) is 0 Å². The first-order valence-corrected chi connectivity index (χ1v) is 7.00. The Kier molecular flexibility index (Phi) is 6.98. The lowest BCUT2D eigenvalue weighted by Gasteiger charge is -2.08. The maximum Gasteiger partial charge on any atom is 0.251 e. The molecule has 0 saturated carbocycles. The van der Waals surface area contributed by atoms with Gasteiger partial charge in [-0.05, 0) is 30.5 Å². The fraction of sp³-hybridized carbons (Fsp3) is 0.500. The van der Waals surface area contributed by atoms with E-state index in [4.69, 9.17) is 4.74 Å². The van der Waals surface area contributed by atoms with Crippen LogP contribution in [0.4, 0.5) is 0 Å². The summed E-state index contributed by atoms with van der Waals surface area (Å²) in [6.07, 6.45) is 1.06. The smallest absolute Gasteiger partial charge is 0.251 e. The van der Waals surface area contributed by atoms with Gasteiger partial charge in [-0.1, -0.05) is 35.8 Å². The summed E-state index contributed by atoms with van der Waals surface area (Å²) in [6, 6.07) is 7.33. The summed E-state index contributed by atoms with van der Waals surface area (Å²) < 4.78 is 6.34. The summed E-state index contributed by atoms with van der Waals surface area (Å²) in [7, 11) is 0. The number of benzene rings is 1. The molecule has 4 heteroatoms. The maximum absolute atomic E-state index is 11.8. The van der Waals surface area contributed by atoms with Gasteiger partial charge < -0.3 is 10.1 Å². The molecule has 18 heavy (non-hydrogen) atoms. The van der Waals surface area contributed by atoms with E-state index in [9.17, 15) is 4.79 Å². The molecule has 0 aliphatic heterocycles. The molecule has 1 amide bonds. The highest BCUT2D eigenvalue weighted by Gasteiger charge is 2.04. The molecule has 0 heterocycles. The van der Waals surface area contributed by atoms with E-state index in [1.54, 1.807) is 12.1 Å². The second-order valence-electron chi connectivity index (χ2n) is 4.56. The third kappa shape index (κ3) is 6.17. The van der Waals surface area contributed by atoms with Crippen molar-refractivity contribution in [1.29, 1.82) is 0 Å². The van der Waals surface area contributed by atoms with Crippen LogP contribution in [0.2, 0.25) is 0 Å². The first-order chi connectivity index (χ1) is 8.59. The van der Waals surface area contributed by atoms with Gasteiger partial charge in [0.2, 0.25) is 0 Å².